The topological polar surface area (TPSA) is 96.0 Å². The average molecular weight is 486 g/mol. The van der Waals surface area contributed by atoms with Gasteiger partial charge in [0.25, 0.3) is 11.8 Å². The lowest BCUT2D eigenvalue weighted by molar-refractivity contribution is -0.122. The van der Waals surface area contributed by atoms with Crippen LogP contribution in [0.1, 0.15) is 29.3 Å². The molecule has 0 saturated carbocycles. The molecule has 1 saturated heterocycles. The van der Waals surface area contributed by atoms with Gasteiger partial charge < -0.3 is 15.0 Å². The molecular formula is C28H27N3O5. The summed E-state index contributed by atoms with van der Waals surface area (Å²) in [5.74, 6) is -0.893. The first-order chi connectivity index (χ1) is 17.4. The molecule has 1 heterocycles. The van der Waals surface area contributed by atoms with Crippen molar-refractivity contribution in [3.05, 3.63) is 90.0 Å². The number of rotatable bonds is 8. The SMILES string of the molecule is COc1cccc(C(=O)N(CCc2ccccc2)C2CC(=O)N(c3ccc(NC(C)=O)cc3)C2=O)c1. The second kappa shape index (κ2) is 10.9. The van der Waals surface area contributed by atoms with E-state index in [0.29, 0.717) is 29.1 Å². The van der Waals surface area contributed by atoms with Crippen LogP contribution in [0.25, 0.3) is 0 Å². The van der Waals surface area contributed by atoms with Gasteiger partial charge >= 0.3 is 0 Å². The van der Waals surface area contributed by atoms with Gasteiger partial charge in [-0.15, -0.1) is 0 Å². The minimum atomic E-state index is -0.935. The Kier molecular flexibility index (Phi) is 7.44. The van der Waals surface area contributed by atoms with E-state index in [4.69, 9.17) is 4.74 Å². The normalized spacial score (nSPS) is 15.1. The quantitative estimate of drug-likeness (QED) is 0.491. The van der Waals surface area contributed by atoms with Gasteiger partial charge in [-0.1, -0.05) is 36.4 Å². The third-order valence-electron chi connectivity index (χ3n) is 6.01. The summed E-state index contributed by atoms with van der Waals surface area (Å²) in [5.41, 5.74) is 2.34. The number of methoxy groups -OCH3 is 1. The van der Waals surface area contributed by atoms with Gasteiger partial charge in [0, 0.05) is 24.7 Å². The van der Waals surface area contributed by atoms with Crippen molar-refractivity contribution < 1.29 is 23.9 Å². The summed E-state index contributed by atoms with van der Waals surface area (Å²) in [6.07, 6.45) is 0.413. The smallest absolute Gasteiger partial charge is 0.257 e. The van der Waals surface area contributed by atoms with E-state index in [2.05, 4.69) is 5.32 Å². The van der Waals surface area contributed by atoms with Crippen molar-refractivity contribution in [3.63, 3.8) is 0 Å². The van der Waals surface area contributed by atoms with Gasteiger partial charge in [-0.05, 0) is 54.4 Å². The number of hydrogen-bond donors (Lipinski definition) is 1. The third-order valence-corrected chi connectivity index (χ3v) is 6.01. The van der Waals surface area contributed by atoms with Crippen LogP contribution in [0.4, 0.5) is 11.4 Å². The molecule has 0 bridgehead atoms. The molecule has 1 N–H and O–H groups in total. The second-order valence-corrected chi connectivity index (χ2v) is 8.48. The first kappa shape index (κ1) is 24.7. The summed E-state index contributed by atoms with van der Waals surface area (Å²) < 4.78 is 5.26. The van der Waals surface area contributed by atoms with Gasteiger partial charge in [0.1, 0.15) is 11.8 Å². The highest BCUT2D eigenvalue weighted by molar-refractivity contribution is 6.23. The van der Waals surface area contributed by atoms with Gasteiger partial charge in [0.2, 0.25) is 11.8 Å². The van der Waals surface area contributed by atoms with E-state index in [0.717, 1.165) is 10.5 Å². The molecule has 4 rings (SSSR count). The highest BCUT2D eigenvalue weighted by Gasteiger charge is 2.44. The molecule has 1 fully saturated rings. The number of carbonyl (C=O) groups is 4. The Morgan fingerprint density at radius 1 is 1.00 bits per heavy atom. The van der Waals surface area contributed by atoms with Crippen LogP contribution in [0.2, 0.25) is 0 Å². The average Bonchev–Trinajstić information content (AvgIpc) is 3.18. The zero-order valence-electron chi connectivity index (χ0n) is 20.1. The minimum absolute atomic E-state index is 0.114. The van der Waals surface area contributed by atoms with Gasteiger partial charge in [-0.3, -0.25) is 19.2 Å². The summed E-state index contributed by atoms with van der Waals surface area (Å²) in [6.45, 7) is 1.66. The Labute approximate surface area is 209 Å². The Hall–Kier alpha value is -4.46. The molecule has 1 atom stereocenters. The molecule has 8 nitrogen and oxygen atoms in total. The van der Waals surface area contributed by atoms with E-state index in [-0.39, 0.29) is 30.7 Å². The van der Waals surface area contributed by atoms with Crippen molar-refractivity contribution in [2.24, 2.45) is 0 Å². The number of hydrogen-bond acceptors (Lipinski definition) is 5. The van der Waals surface area contributed by atoms with Gasteiger partial charge in [-0.25, -0.2) is 4.90 Å². The van der Waals surface area contributed by atoms with Crippen molar-refractivity contribution in [2.75, 3.05) is 23.9 Å². The fraction of sp³-hybridized carbons (Fsp3) is 0.214. The summed E-state index contributed by atoms with van der Waals surface area (Å²) in [5, 5.41) is 2.66. The van der Waals surface area contributed by atoms with Gasteiger partial charge in [0.15, 0.2) is 0 Å². The number of nitrogens with one attached hydrogen (secondary N) is 1. The second-order valence-electron chi connectivity index (χ2n) is 8.48. The van der Waals surface area contributed by atoms with Crippen molar-refractivity contribution in [2.45, 2.75) is 25.8 Å². The number of nitrogens with zero attached hydrogens (tertiary/aromatic N) is 2. The highest BCUT2D eigenvalue weighted by Crippen LogP contribution is 2.28. The summed E-state index contributed by atoms with van der Waals surface area (Å²) in [7, 11) is 1.52. The summed E-state index contributed by atoms with van der Waals surface area (Å²) in [6, 6.07) is 21.9. The van der Waals surface area contributed by atoms with Crippen molar-refractivity contribution >= 4 is 35.0 Å². The molecule has 4 amide bonds. The Bertz CT molecular complexity index is 1270. The largest absolute Gasteiger partial charge is 0.497 e. The summed E-state index contributed by atoms with van der Waals surface area (Å²) in [4.78, 5) is 54.0. The molecule has 36 heavy (non-hydrogen) atoms. The van der Waals surface area contributed by atoms with Crippen LogP contribution in [0.15, 0.2) is 78.9 Å². The third kappa shape index (κ3) is 5.43. The number of ether oxygens (including phenoxy) is 1. The monoisotopic (exact) mass is 485 g/mol. The van der Waals surface area contributed by atoms with Crippen LogP contribution in [-0.4, -0.2) is 48.2 Å². The van der Waals surface area contributed by atoms with Crippen LogP contribution in [0.5, 0.6) is 5.75 Å². The van der Waals surface area contributed by atoms with Gasteiger partial charge in [0.05, 0.1) is 19.2 Å². The lowest BCUT2D eigenvalue weighted by Crippen LogP contribution is -2.46. The van der Waals surface area contributed by atoms with Gasteiger partial charge in [-0.2, -0.15) is 0 Å². The highest BCUT2D eigenvalue weighted by atomic mass is 16.5. The Morgan fingerprint density at radius 3 is 2.39 bits per heavy atom. The standard InChI is InChI=1S/C28H27N3O5/c1-19(32)29-22-11-13-23(14-12-22)31-26(33)18-25(28(31)35)30(16-15-20-7-4-3-5-8-20)27(34)21-9-6-10-24(17-21)36-2/h3-14,17,25H,15-16,18H2,1-2H3,(H,29,32). The van der Waals surface area contributed by atoms with Crippen molar-refractivity contribution in [1.29, 1.82) is 0 Å². The molecule has 0 spiro atoms. The molecule has 0 radical (unpaired) electrons. The predicted molar refractivity (Wildman–Crippen MR) is 136 cm³/mol. The molecule has 1 unspecified atom stereocenters. The molecule has 3 aromatic rings. The number of benzene rings is 3. The van der Waals surface area contributed by atoms with E-state index in [1.165, 1.54) is 18.9 Å². The maximum Gasteiger partial charge on any atom is 0.257 e. The predicted octanol–water partition coefficient (Wildman–Crippen LogP) is 3.67. The summed E-state index contributed by atoms with van der Waals surface area (Å²) >= 11 is 0. The lowest BCUT2D eigenvalue weighted by atomic mass is 10.1. The van der Waals surface area contributed by atoms with Crippen LogP contribution in [-0.2, 0) is 20.8 Å². The number of amides is 4. The zero-order chi connectivity index (χ0) is 25.7. The van der Waals surface area contributed by atoms with Crippen LogP contribution >= 0.6 is 0 Å². The molecular weight excluding hydrogens is 458 g/mol. The maximum absolute atomic E-state index is 13.6. The fourth-order valence-corrected chi connectivity index (χ4v) is 4.24. The molecule has 3 aromatic carbocycles. The Balaban J connectivity index is 1.61. The van der Waals surface area contributed by atoms with Crippen molar-refractivity contribution in [1.82, 2.24) is 4.90 Å². The molecule has 1 aliphatic heterocycles. The zero-order valence-corrected chi connectivity index (χ0v) is 20.1. The Morgan fingerprint density at radius 2 is 1.72 bits per heavy atom. The maximum atomic E-state index is 13.6. The number of carbonyl (C=O) groups excluding carboxylic acids is 4. The van der Waals surface area contributed by atoms with E-state index in [1.807, 2.05) is 30.3 Å². The fourth-order valence-electron chi connectivity index (χ4n) is 4.24. The first-order valence-corrected chi connectivity index (χ1v) is 11.6. The van der Waals surface area contributed by atoms with E-state index >= 15 is 0 Å². The van der Waals surface area contributed by atoms with Crippen molar-refractivity contribution in [3.8, 4) is 5.75 Å². The molecule has 184 valence electrons. The minimum Gasteiger partial charge on any atom is -0.497 e. The molecule has 0 aromatic heterocycles. The molecule has 8 heteroatoms. The van der Waals surface area contributed by atoms with Crippen LogP contribution in [0, 0.1) is 0 Å². The number of anilines is 2. The lowest BCUT2D eigenvalue weighted by Gasteiger charge is -2.28. The van der Waals surface area contributed by atoms with E-state index in [9.17, 15) is 19.2 Å². The van der Waals surface area contributed by atoms with Crippen LogP contribution in [0.3, 0.4) is 0 Å². The van der Waals surface area contributed by atoms with E-state index in [1.54, 1.807) is 48.5 Å². The van der Waals surface area contributed by atoms with E-state index < -0.39 is 11.9 Å². The number of imide groups is 1. The molecule has 0 aliphatic carbocycles. The molecule has 1 aliphatic rings. The first-order valence-electron chi connectivity index (χ1n) is 11.6. The van der Waals surface area contributed by atoms with Crippen LogP contribution < -0.4 is 15.0 Å².